The average Bonchev–Trinajstić information content (AvgIpc) is 2.25. The molecule has 0 aromatic heterocycles. The quantitative estimate of drug-likeness (QED) is 0.798. The monoisotopic (exact) mass is 220 g/mol. The number of hydrogen-bond acceptors (Lipinski definition) is 1. The lowest BCUT2D eigenvalue weighted by molar-refractivity contribution is -0.142. The van der Waals surface area contributed by atoms with E-state index in [-0.39, 0.29) is 5.92 Å². The van der Waals surface area contributed by atoms with E-state index < -0.39 is 5.97 Å². The van der Waals surface area contributed by atoms with Crippen molar-refractivity contribution in [1.29, 1.82) is 0 Å². The third-order valence-electron chi connectivity index (χ3n) is 2.77. The van der Waals surface area contributed by atoms with E-state index in [1.165, 1.54) is 0 Å². The molecule has 1 N–H and O–H groups in total. The molecule has 1 aromatic carbocycles. The highest BCUT2D eigenvalue weighted by atomic mass is 16.4. The van der Waals surface area contributed by atoms with Crippen molar-refractivity contribution in [1.82, 2.24) is 0 Å². The molecule has 0 bridgehead atoms. The van der Waals surface area contributed by atoms with Crippen molar-refractivity contribution in [3.63, 3.8) is 0 Å². The van der Waals surface area contributed by atoms with Crippen molar-refractivity contribution >= 4 is 5.97 Å². The second-order valence-electron chi connectivity index (χ2n) is 4.70. The van der Waals surface area contributed by atoms with E-state index in [0.29, 0.717) is 12.3 Å². The van der Waals surface area contributed by atoms with Gasteiger partial charge in [-0.1, -0.05) is 50.6 Å². The number of hydrogen-bond donors (Lipinski definition) is 1. The van der Waals surface area contributed by atoms with Gasteiger partial charge >= 0.3 is 5.97 Å². The molecule has 0 saturated heterocycles. The Morgan fingerprint density at radius 3 is 2.31 bits per heavy atom. The lowest BCUT2D eigenvalue weighted by Crippen LogP contribution is -2.17. The molecule has 1 atom stereocenters. The highest BCUT2D eigenvalue weighted by Crippen LogP contribution is 2.17. The Bertz CT molecular complexity index is 317. The van der Waals surface area contributed by atoms with Gasteiger partial charge in [0.1, 0.15) is 0 Å². The number of aliphatic carboxylic acids is 1. The molecule has 2 heteroatoms. The minimum absolute atomic E-state index is 0.246. The predicted octanol–water partition coefficient (Wildman–Crippen LogP) is 3.37. The summed E-state index contributed by atoms with van der Waals surface area (Å²) in [6.07, 6.45) is 2.38. The highest BCUT2D eigenvalue weighted by Gasteiger charge is 2.17. The molecule has 0 saturated carbocycles. The van der Waals surface area contributed by atoms with E-state index >= 15 is 0 Å². The Kier molecular flexibility index (Phi) is 5.03. The molecule has 16 heavy (non-hydrogen) atoms. The van der Waals surface area contributed by atoms with Gasteiger partial charge in [0, 0.05) is 0 Å². The van der Waals surface area contributed by atoms with Gasteiger partial charge < -0.3 is 5.11 Å². The van der Waals surface area contributed by atoms with Crippen LogP contribution < -0.4 is 0 Å². The van der Waals surface area contributed by atoms with E-state index in [9.17, 15) is 4.79 Å². The van der Waals surface area contributed by atoms with Gasteiger partial charge in [-0.05, 0) is 24.3 Å². The second kappa shape index (κ2) is 6.31. The molecule has 2 nitrogen and oxygen atoms in total. The van der Waals surface area contributed by atoms with Gasteiger partial charge in [-0.15, -0.1) is 0 Å². The van der Waals surface area contributed by atoms with Crippen LogP contribution in [0.3, 0.4) is 0 Å². The summed E-state index contributed by atoms with van der Waals surface area (Å²) in [6.45, 7) is 4.25. The van der Waals surface area contributed by atoms with Gasteiger partial charge in [0.05, 0.1) is 5.92 Å². The Balaban J connectivity index is 2.55. The summed E-state index contributed by atoms with van der Waals surface area (Å²) in [5.41, 5.74) is 1.11. The molecule has 0 amide bonds. The maximum absolute atomic E-state index is 11.1. The average molecular weight is 220 g/mol. The molecule has 0 aliphatic rings. The van der Waals surface area contributed by atoms with Gasteiger partial charge in [0.2, 0.25) is 0 Å². The molecule has 1 unspecified atom stereocenters. The van der Waals surface area contributed by atoms with Crippen molar-refractivity contribution in [3.8, 4) is 0 Å². The Hall–Kier alpha value is -1.31. The number of carboxylic acids is 1. The Morgan fingerprint density at radius 1 is 1.19 bits per heavy atom. The van der Waals surface area contributed by atoms with Crippen molar-refractivity contribution in [2.75, 3.05) is 0 Å². The zero-order valence-electron chi connectivity index (χ0n) is 10.0. The first-order valence-electron chi connectivity index (χ1n) is 5.86. The summed E-state index contributed by atoms with van der Waals surface area (Å²) in [7, 11) is 0. The molecule has 0 radical (unpaired) electrons. The largest absolute Gasteiger partial charge is 0.481 e. The topological polar surface area (TPSA) is 37.3 Å². The molecule has 0 aliphatic heterocycles. The van der Waals surface area contributed by atoms with Crippen molar-refractivity contribution in [3.05, 3.63) is 35.9 Å². The van der Waals surface area contributed by atoms with Crippen molar-refractivity contribution in [2.24, 2.45) is 11.8 Å². The van der Waals surface area contributed by atoms with Gasteiger partial charge in [0.25, 0.3) is 0 Å². The van der Waals surface area contributed by atoms with E-state index in [4.69, 9.17) is 5.11 Å². The normalized spacial score (nSPS) is 12.7. The third kappa shape index (κ3) is 4.47. The summed E-state index contributed by atoms with van der Waals surface area (Å²) in [6, 6.07) is 9.84. The van der Waals surface area contributed by atoms with Gasteiger partial charge in [-0.25, -0.2) is 0 Å². The maximum atomic E-state index is 11.1. The fourth-order valence-electron chi connectivity index (χ4n) is 1.75. The van der Waals surface area contributed by atoms with Crippen LogP contribution in [0.1, 0.15) is 32.3 Å². The fourth-order valence-corrected chi connectivity index (χ4v) is 1.75. The molecule has 0 fully saturated rings. The first-order valence-corrected chi connectivity index (χ1v) is 5.86. The standard InChI is InChI=1S/C14H20O2/c1-11(2)8-9-13(14(15)16)10-12-6-4-3-5-7-12/h3-7,11,13H,8-10H2,1-2H3,(H,15,16). The molecular formula is C14H20O2. The van der Waals surface area contributed by atoms with Gasteiger partial charge in [-0.2, -0.15) is 0 Å². The Labute approximate surface area is 97.3 Å². The summed E-state index contributed by atoms with van der Waals surface area (Å²) in [4.78, 5) is 11.1. The molecule has 1 rings (SSSR count). The fraction of sp³-hybridized carbons (Fsp3) is 0.500. The van der Waals surface area contributed by atoms with Crippen LogP contribution in [0.2, 0.25) is 0 Å². The van der Waals surface area contributed by atoms with E-state index in [1.54, 1.807) is 0 Å². The van der Waals surface area contributed by atoms with Crippen LogP contribution in [0.5, 0.6) is 0 Å². The zero-order chi connectivity index (χ0) is 12.0. The smallest absolute Gasteiger partial charge is 0.306 e. The summed E-state index contributed by atoms with van der Waals surface area (Å²) >= 11 is 0. The molecular weight excluding hydrogens is 200 g/mol. The molecule has 0 heterocycles. The van der Waals surface area contributed by atoms with Crippen LogP contribution in [0.4, 0.5) is 0 Å². The highest BCUT2D eigenvalue weighted by molar-refractivity contribution is 5.70. The summed E-state index contributed by atoms with van der Waals surface area (Å²) in [5.74, 6) is -0.355. The SMILES string of the molecule is CC(C)CCC(Cc1ccccc1)C(=O)O. The lowest BCUT2D eigenvalue weighted by atomic mass is 9.92. The zero-order valence-corrected chi connectivity index (χ0v) is 10.0. The number of carbonyl (C=O) groups is 1. The number of rotatable bonds is 6. The van der Waals surface area contributed by atoms with Crippen molar-refractivity contribution < 1.29 is 9.90 Å². The first kappa shape index (κ1) is 12.8. The number of carboxylic acid groups (broad SMARTS) is 1. The third-order valence-corrected chi connectivity index (χ3v) is 2.77. The van der Waals surface area contributed by atoms with Crippen LogP contribution in [0, 0.1) is 11.8 Å². The molecule has 1 aromatic rings. The van der Waals surface area contributed by atoms with Crippen LogP contribution in [-0.2, 0) is 11.2 Å². The van der Waals surface area contributed by atoms with E-state index in [2.05, 4.69) is 13.8 Å². The first-order chi connectivity index (χ1) is 7.59. The van der Waals surface area contributed by atoms with Crippen molar-refractivity contribution in [2.45, 2.75) is 33.1 Å². The van der Waals surface area contributed by atoms with Gasteiger partial charge in [-0.3, -0.25) is 4.79 Å². The molecule has 88 valence electrons. The summed E-state index contributed by atoms with van der Waals surface area (Å²) in [5, 5.41) is 9.15. The Morgan fingerprint density at radius 2 is 1.81 bits per heavy atom. The lowest BCUT2D eigenvalue weighted by Gasteiger charge is -2.13. The van der Waals surface area contributed by atoms with Crippen LogP contribution in [0.15, 0.2) is 30.3 Å². The maximum Gasteiger partial charge on any atom is 0.306 e. The summed E-state index contributed by atoms with van der Waals surface area (Å²) < 4.78 is 0. The van der Waals surface area contributed by atoms with Crippen LogP contribution >= 0.6 is 0 Å². The van der Waals surface area contributed by atoms with E-state index in [1.807, 2.05) is 30.3 Å². The van der Waals surface area contributed by atoms with E-state index in [0.717, 1.165) is 18.4 Å². The minimum Gasteiger partial charge on any atom is -0.481 e. The van der Waals surface area contributed by atoms with Gasteiger partial charge in [0.15, 0.2) is 0 Å². The second-order valence-corrected chi connectivity index (χ2v) is 4.70. The predicted molar refractivity (Wildman–Crippen MR) is 65.3 cm³/mol. The molecule has 0 spiro atoms. The minimum atomic E-state index is -0.676. The molecule has 0 aliphatic carbocycles. The van der Waals surface area contributed by atoms with Crippen LogP contribution in [-0.4, -0.2) is 11.1 Å². The number of benzene rings is 1. The van der Waals surface area contributed by atoms with Crippen LogP contribution in [0.25, 0.3) is 0 Å².